The van der Waals surface area contributed by atoms with E-state index in [0.29, 0.717) is 23.9 Å². The van der Waals surface area contributed by atoms with Gasteiger partial charge in [0.25, 0.3) is 0 Å². The molecule has 2 N–H and O–H groups in total. The van der Waals surface area contributed by atoms with E-state index < -0.39 is 11.7 Å². The van der Waals surface area contributed by atoms with Crippen LogP contribution in [0.15, 0.2) is 18.2 Å². The first-order valence-corrected chi connectivity index (χ1v) is 7.55. The molecular formula is C15H19Cl2F3N2. The quantitative estimate of drug-likeness (QED) is 0.871. The van der Waals surface area contributed by atoms with Gasteiger partial charge in [-0.25, -0.2) is 0 Å². The summed E-state index contributed by atoms with van der Waals surface area (Å²) >= 11 is 5.82. The summed E-state index contributed by atoms with van der Waals surface area (Å²) < 4.78 is 38.4. The highest BCUT2D eigenvalue weighted by molar-refractivity contribution is 6.30. The van der Waals surface area contributed by atoms with Crippen molar-refractivity contribution in [3.8, 4) is 0 Å². The van der Waals surface area contributed by atoms with Gasteiger partial charge in [-0.1, -0.05) is 11.6 Å². The highest BCUT2D eigenvalue weighted by Crippen LogP contribution is 2.38. The predicted octanol–water partition coefficient (Wildman–Crippen LogP) is 3.95. The van der Waals surface area contributed by atoms with Gasteiger partial charge in [-0.15, -0.1) is 12.4 Å². The number of nitrogens with two attached hydrogens (primary N) is 1. The summed E-state index contributed by atoms with van der Waals surface area (Å²) in [5, 5.41) is 0.135. The number of halogens is 5. The number of fused-ring (bicyclic) bond motifs is 1. The topological polar surface area (TPSA) is 29.3 Å². The van der Waals surface area contributed by atoms with E-state index >= 15 is 0 Å². The van der Waals surface area contributed by atoms with E-state index in [9.17, 15) is 13.2 Å². The van der Waals surface area contributed by atoms with Gasteiger partial charge in [-0.05, 0) is 48.4 Å². The van der Waals surface area contributed by atoms with Crippen molar-refractivity contribution in [2.45, 2.75) is 31.6 Å². The molecule has 1 aliphatic heterocycles. The molecule has 2 nitrogen and oxygen atoms in total. The van der Waals surface area contributed by atoms with Gasteiger partial charge in [-0.2, -0.15) is 13.2 Å². The molecule has 0 radical (unpaired) electrons. The number of rotatable bonds is 2. The van der Waals surface area contributed by atoms with E-state index in [1.165, 1.54) is 6.07 Å². The molecule has 1 saturated carbocycles. The molecule has 0 bridgehead atoms. The zero-order valence-corrected chi connectivity index (χ0v) is 13.5. The molecular weight excluding hydrogens is 336 g/mol. The van der Waals surface area contributed by atoms with Crippen molar-refractivity contribution in [2.75, 3.05) is 13.1 Å². The Kier molecular flexibility index (Phi) is 5.32. The van der Waals surface area contributed by atoms with Crippen molar-refractivity contribution >= 4 is 24.0 Å². The summed E-state index contributed by atoms with van der Waals surface area (Å²) in [7, 11) is 0. The van der Waals surface area contributed by atoms with Crippen LogP contribution in [0, 0.1) is 11.8 Å². The normalized spacial score (nSPS) is 28.5. The van der Waals surface area contributed by atoms with E-state index in [-0.39, 0.29) is 23.5 Å². The number of alkyl halides is 3. The number of hydrogen-bond acceptors (Lipinski definition) is 2. The maximum Gasteiger partial charge on any atom is 0.416 e. The largest absolute Gasteiger partial charge is 0.416 e. The summed E-state index contributed by atoms with van der Waals surface area (Å²) in [6.45, 7) is 2.30. The first kappa shape index (κ1) is 17.9. The number of likely N-dealkylation sites (tertiary alicyclic amines) is 1. The first-order chi connectivity index (χ1) is 9.83. The monoisotopic (exact) mass is 354 g/mol. The summed E-state index contributed by atoms with van der Waals surface area (Å²) in [5.74, 6) is 1.09. The summed E-state index contributed by atoms with van der Waals surface area (Å²) in [6.07, 6.45) is -2.16. The third-order valence-corrected chi connectivity index (χ3v) is 4.90. The minimum absolute atomic E-state index is 0. The van der Waals surface area contributed by atoms with Crippen molar-refractivity contribution in [3.05, 3.63) is 34.3 Å². The maximum absolute atomic E-state index is 12.8. The second kappa shape index (κ2) is 6.56. The molecule has 22 heavy (non-hydrogen) atoms. The van der Waals surface area contributed by atoms with E-state index in [4.69, 9.17) is 17.3 Å². The molecule has 3 rings (SSSR count). The molecule has 0 spiro atoms. The zero-order chi connectivity index (χ0) is 15.2. The number of nitrogens with zero attached hydrogens (tertiary/aromatic N) is 1. The van der Waals surface area contributed by atoms with Crippen LogP contribution in [0.2, 0.25) is 5.02 Å². The Bertz CT molecular complexity index is 536. The molecule has 1 heterocycles. The Morgan fingerprint density at radius 2 is 1.91 bits per heavy atom. The highest BCUT2D eigenvalue weighted by Gasteiger charge is 2.40. The lowest BCUT2D eigenvalue weighted by molar-refractivity contribution is -0.137. The summed E-state index contributed by atoms with van der Waals surface area (Å²) in [4.78, 5) is 2.19. The second-order valence-corrected chi connectivity index (χ2v) is 6.64. The highest BCUT2D eigenvalue weighted by atomic mass is 35.5. The van der Waals surface area contributed by atoms with Gasteiger partial charge >= 0.3 is 6.18 Å². The van der Waals surface area contributed by atoms with Crippen LogP contribution in [-0.4, -0.2) is 24.0 Å². The third kappa shape index (κ3) is 3.70. The van der Waals surface area contributed by atoms with Crippen LogP contribution in [-0.2, 0) is 12.7 Å². The molecule has 7 heteroatoms. The molecule has 3 atom stereocenters. The second-order valence-electron chi connectivity index (χ2n) is 6.21. The Hall–Kier alpha value is -0.490. The van der Waals surface area contributed by atoms with Crippen molar-refractivity contribution in [1.29, 1.82) is 0 Å². The maximum atomic E-state index is 12.8. The third-order valence-electron chi connectivity index (χ3n) is 4.68. The molecule has 0 aromatic heterocycles. The van der Waals surface area contributed by atoms with Crippen molar-refractivity contribution in [2.24, 2.45) is 17.6 Å². The Morgan fingerprint density at radius 3 is 2.55 bits per heavy atom. The van der Waals surface area contributed by atoms with Crippen molar-refractivity contribution < 1.29 is 13.2 Å². The Labute approximate surface area is 139 Å². The van der Waals surface area contributed by atoms with Crippen LogP contribution in [0.5, 0.6) is 0 Å². The number of benzene rings is 1. The molecule has 3 unspecified atom stereocenters. The van der Waals surface area contributed by atoms with Crippen LogP contribution in [0.25, 0.3) is 0 Å². The molecule has 124 valence electrons. The van der Waals surface area contributed by atoms with Gasteiger partial charge in [-0.3, -0.25) is 4.90 Å². The van der Waals surface area contributed by atoms with E-state index in [1.54, 1.807) is 6.07 Å². The standard InChI is InChI=1S/C15H18ClF3N2.ClH/c16-12-4-9(3-11(5-12)15(17,18)19)6-21-7-10-1-2-14(20)13(10)8-21;/h3-5,10,13-14H,1-2,6-8,20H2;1H. The van der Waals surface area contributed by atoms with Crippen molar-refractivity contribution in [1.82, 2.24) is 4.90 Å². The molecule has 1 aromatic carbocycles. The van der Waals surface area contributed by atoms with Crippen LogP contribution in [0.3, 0.4) is 0 Å². The van der Waals surface area contributed by atoms with Gasteiger partial charge in [0.1, 0.15) is 0 Å². The summed E-state index contributed by atoms with van der Waals surface area (Å²) in [5.41, 5.74) is 6.02. The van der Waals surface area contributed by atoms with Gasteiger partial charge < -0.3 is 5.73 Å². The zero-order valence-electron chi connectivity index (χ0n) is 11.9. The fourth-order valence-corrected chi connectivity index (χ4v) is 3.95. The van der Waals surface area contributed by atoms with Crippen LogP contribution in [0.4, 0.5) is 13.2 Å². The molecule has 0 amide bonds. The van der Waals surface area contributed by atoms with Crippen LogP contribution in [0.1, 0.15) is 24.0 Å². The predicted molar refractivity (Wildman–Crippen MR) is 83.2 cm³/mol. The van der Waals surface area contributed by atoms with Gasteiger partial charge in [0.2, 0.25) is 0 Å². The van der Waals surface area contributed by atoms with Gasteiger partial charge in [0.15, 0.2) is 0 Å². The Morgan fingerprint density at radius 1 is 1.18 bits per heavy atom. The lowest BCUT2D eigenvalue weighted by Gasteiger charge is -2.19. The average Bonchev–Trinajstić information content (AvgIpc) is 2.90. The fraction of sp³-hybridized carbons (Fsp3) is 0.600. The summed E-state index contributed by atoms with van der Waals surface area (Å²) in [6, 6.07) is 4.02. The van der Waals surface area contributed by atoms with E-state index in [2.05, 4.69) is 4.90 Å². The fourth-order valence-electron chi connectivity index (χ4n) is 3.69. The smallest absolute Gasteiger partial charge is 0.327 e. The van der Waals surface area contributed by atoms with Gasteiger partial charge in [0.05, 0.1) is 5.56 Å². The minimum atomic E-state index is -4.36. The van der Waals surface area contributed by atoms with E-state index in [1.807, 2.05) is 0 Å². The molecule has 2 aliphatic rings. The lowest BCUT2D eigenvalue weighted by Crippen LogP contribution is -2.30. The minimum Gasteiger partial charge on any atom is -0.327 e. The van der Waals surface area contributed by atoms with Crippen LogP contribution < -0.4 is 5.73 Å². The average molecular weight is 355 g/mol. The molecule has 1 aromatic rings. The Balaban J connectivity index is 0.00000176. The molecule has 1 saturated heterocycles. The lowest BCUT2D eigenvalue weighted by atomic mass is 9.98. The number of hydrogen-bond donors (Lipinski definition) is 1. The molecule has 2 fully saturated rings. The van der Waals surface area contributed by atoms with Crippen LogP contribution >= 0.6 is 24.0 Å². The van der Waals surface area contributed by atoms with Crippen molar-refractivity contribution in [3.63, 3.8) is 0 Å². The van der Waals surface area contributed by atoms with Gasteiger partial charge in [0, 0.05) is 30.7 Å². The SMILES string of the molecule is Cl.NC1CCC2CN(Cc3cc(Cl)cc(C(F)(F)F)c3)CC12. The van der Waals surface area contributed by atoms with E-state index in [0.717, 1.165) is 32.0 Å². The first-order valence-electron chi connectivity index (χ1n) is 7.17. The molecule has 1 aliphatic carbocycles.